The zero-order chi connectivity index (χ0) is 11.6. The maximum Gasteiger partial charge on any atom is 0.170 e. The maximum absolute atomic E-state index is 13.5. The van der Waals surface area contributed by atoms with Crippen LogP contribution in [0.5, 0.6) is 0 Å². The first kappa shape index (κ1) is 11.8. The van der Waals surface area contributed by atoms with Crippen LogP contribution in [0.2, 0.25) is 0 Å². The molecule has 1 aromatic rings. The molecule has 0 spiro atoms. The van der Waals surface area contributed by atoms with Crippen LogP contribution in [0.15, 0.2) is 24.3 Å². The van der Waals surface area contributed by atoms with Crippen LogP contribution in [-0.2, 0) is 15.9 Å². The molecule has 0 aliphatic carbocycles. The summed E-state index contributed by atoms with van der Waals surface area (Å²) < 4.78 is 24.6. The minimum atomic E-state index is -0.762. The van der Waals surface area contributed by atoms with Crippen LogP contribution in [0.25, 0.3) is 0 Å². The zero-order valence-corrected chi connectivity index (χ0v) is 9.84. The van der Waals surface area contributed by atoms with Gasteiger partial charge in [-0.25, -0.2) is 4.39 Å². The fourth-order valence-corrected chi connectivity index (χ4v) is 2.00. The standard InChI is InChI=1S/C12H14ClFO2/c1-12(15-8-10(7-13)16-12)6-9-4-2-3-5-11(9)14/h2-5,10H,6-8H2,1H3. The number of rotatable bonds is 3. The van der Waals surface area contributed by atoms with Crippen molar-refractivity contribution in [1.29, 1.82) is 0 Å². The van der Waals surface area contributed by atoms with E-state index in [1.807, 2.05) is 6.92 Å². The Morgan fingerprint density at radius 1 is 1.50 bits per heavy atom. The van der Waals surface area contributed by atoms with Crippen molar-refractivity contribution < 1.29 is 13.9 Å². The fraction of sp³-hybridized carbons (Fsp3) is 0.500. The first-order chi connectivity index (χ1) is 7.63. The molecule has 1 aliphatic rings. The third-order valence-electron chi connectivity index (χ3n) is 2.63. The molecule has 1 heterocycles. The van der Waals surface area contributed by atoms with Gasteiger partial charge in [0.05, 0.1) is 18.6 Å². The average molecular weight is 245 g/mol. The summed E-state index contributed by atoms with van der Waals surface area (Å²) in [6, 6.07) is 6.64. The quantitative estimate of drug-likeness (QED) is 0.762. The molecule has 0 saturated carbocycles. The van der Waals surface area contributed by atoms with E-state index in [9.17, 15) is 4.39 Å². The van der Waals surface area contributed by atoms with Crippen molar-refractivity contribution in [2.24, 2.45) is 0 Å². The second-order valence-electron chi connectivity index (χ2n) is 4.11. The number of ether oxygens (including phenoxy) is 2. The number of alkyl halides is 1. The normalized spacial score (nSPS) is 29.6. The summed E-state index contributed by atoms with van der Waals surface area (Å²) >= 11 is 5.69. The molecule has 88 valence electrons. The van der Waals surface area contributed by atoms with Crippen molar-refractivity contribution >= 4 is 11.6 Å². The molecule has 0 N–H and O–H groups in total. The van der Waals surface area contributed by atoms with E-state index in [4.69, 9.17) is 21.1 Å². The Labute approximate surface area is 99.3 Å². The van der Waals surface area contributed by atoms with Crippen LogP contribution in [0.3, 0.4) is 0 Å². The van der Waals surface area contributed by atoms with Gasteiger partial charge in [-0.3, -0.25) is 0 Å². The summed E-state index contributed by atoms with van der Waals surface area (Å²) in [6.45, 7) is 2.28. The highest BCUT2D eigenvalue weighted by molar-refractivity contribution is 6.18. The van der Waals surface area contributed by atoms with Crippen LogP contribution < -0.4 is 0 Å². The molecule has 16 heavy (non-hydrogen) atoms. The summed E-state index contributed by atoms with van der Waals surface area (Å²) in [7, 11) is 0. The zero-order valence-electron chi connectivity index (χ0n) is 9.08. The lowest BCUT2D eigenvalue weighted by Crippen LogP contribution is -2.30. The van der Waals surface area contributed by atoms with E-state index < -0.39 is 5.79 Å². The third-order valence-corrected chi connectivity index (χ3v) is 2.98. The molecule has 4 heteroatoms. The Morgan fingerprint density at radius 2 is 2.25 bits per heavy atom. The van der Waals surface area contributed by atoms with Gasteiger partial charge in [-0.15, -0.1) is 11.6 Å². The van der Waals surface area contributed by atoms with E-state index in [-0.39, 0.29) is 11.9 Å². The third kappa shape index (κ3) is 2.54. The van der Waals surface area contributed by atoms with E-state index >= 15 is 0 Å². The molecule has 2 unspecified atom stereocenters. The summed E-state index contributed by atoms with van der Waals surface area (Å²) in [6.07, 6.45) is 0.297. The first-order valence-corrected chi connectivity index (χ1v) is 5.77. The van der Waals surface area contributed by atoms with Crippen molar-refractivity contribution in [3.8, 4) is 0 Å². The number of hydrogen-bond acceptors (Lipinski definition) is 2. The van der Waals surface area contributed by atoms with Crippen molar-refractivity contribution in [3.05, 3.63) is 35.6 Å². The molecule has 2 nitrogen and oxygen atoms in total. The maximum atomic E-state index is 13.5. The van der Waals surface area contributed by atoms with Crippen molar-refractivity contribution in [2.45, 2.75) is 25.2 Å². The Kier molecular flexibility index (Phi) is 3.47. The van der Waals surface area contributed by atoms with Gasteiger partial charge in [-0.05, 0) is 18.6 Å². The van der Waals surface area contributed by atoms with Crippen LogP contribution in [0.1, 0.15) is 12.5 Å². The Bertz CT molecular complexity index is 372. The predicted octanol–water partition coefficient (Wildman–Crippen LogP) is 2.74. The van der Waals surface area contributed by atoms with E-state index in [1.165, 1.54) is 6.07 Å². The van der Waals surface area contributed by atoms with Crippen LogP contribution in [0, 0.1) is 5.82 Å². The van der Waals surface area contributed by atoms with E-state index in [0.29, 0.717) is 24.5 Å². The van der Waals surface area contributed by atoms with E-state index in [2.05, 4.69) is 0 Å². The fourth-order valence-electron chi connectivity index (χ4n) is 1.85. The lowest BCUT2D eigenvalue weighted by atomic mass is 10.1. The molecular weight excluding hydrogens is 231 g/mol. The van der Waals surface area contributed by atoms with Crippen LogP contribution in [-0.4, -0.2) is 24.4 Å². The van der Waals surface area contributed by atoms with Gasteiger partial charge >= 0.3 is 0 Å². The average Bonchev–Trinajstić information content (AvgIpc) is 2.64. The number of halogens is 2. The van der Waals surface area contributed by atoms with Gasteiger partial charge in [-0.1, -0.05) is 18.2 Å². The Morgan fingerprint density at radius 3 is 2.88 bits per heavy atom. The first-order valence-electron chi connectivity index (χ1n) is 5.24. The SMILES string of the molecule is CC1(Cc2ccccc2F)OCC(CCl)O1. The lowest BCUT2D eigenvalue weighted by molar-refractivity contribution is -0.150. The van der Waals surface area contributed by atoms with E-state index in [0.717, 1.165) is 0 Å². The largest absolute Gasteiger partial charge is 0.347 e. The minimum Gasteiger partial charge on any atom is -0.347 e. The van der Waals surface area contributed by atoms with Crippen LogP contribution >= 0.6 is 11.6 Å². The molecule has 2 rings (SSSR count). The monoisotopic (exact) mass is 244 g/mol. The summed E-state index contributed by atoms with van der Waals surface area (Å²) in [5.74, 6) is -0.598. The lowest BCUT2D eigenvalue weighted by Gasteiger charge is -2.23. The van der Waals surface area contributed by atoms with Crippen molar-refractivity contribution in [1.82, 2.24) is 0 Å². The van der Waals surface area contributed by atoms with Gasteiger partial charge in [0.1, 0.15) is 5.82 Å². The second kappa shape index (κ2) is 4.70. The topological polar surface area (TPSA) is 18.5 Å². The molecule has 1 fully saturated rings. The van der Waals surface area contributed by atoms with Gasteiger partial charge in [0.2, 0.25) is 0 Å². The highest BCUT2D eigenvalue weighted by Gasteiger charge is 2.37. The molecule has 1 aromatic carbocycles. The van der Waals surface area contributed by atoms with Gasteiger partial charge in [-0.2, -0.15) is 0 Å². The number of benzene rings is 1. The van der Waals surface area contributed by atoms with E-state index in [1.54, 1.807) is 18.2 Å². The molecule has 0 aromatic heterocycles. The summed E-state index contributed by atoms with van der Waals surface area (Å²) in [5.41, 5.74) is 0.597. The second-order valence-corrected chi connectivity index (χ2v) is 4.42. The predicted molar refractivity (Wildman–Crippen MR) is 60.1 cm³/mol. The van der Waals surface area contributed by atoms with Crippen molar-refractivity contribution in [2.75, 3.05) is 12.5 Å². The van der Waals surface area contributed by atoms with Gasteiger partial charge in [0.15, 0.2) is 5.79 Å². The van der Waals surface area contributed by atoms with Gasteiger partial charge in [0, 0.05) is 6.42 Å². The van der Waals surface area contributed by atoms with Crippen LogP contribution in [0.4, 0.5) is 4.39 Å². The molecule has 0 radical (unpaired) electrons. The molecule has 1 saturated heterocycles. The molecule has 0 amide bonds. The highest BCUT2D eigenvalue weighted by atomic mass is 35.5. The van der Waals surface area contributed by atoms with Crippen molar-refractivity contribution in [3.63, 3.8) is 0 Å². The molecule has 2 atom stereocenters. The minimum absolute atomic E-state index is 0.0987. The summed E-state index contributed by atoms with van der Waals surface area (Å²) in [5, 5.41) is 0. The Hall–Kier alpha value is -0.640. The Balaban J connectivity index is 2.08. The van der Waals surface area contributed by atoms with Gasteiger partial charge < -0.3 is 9.47 Å². The molecule has 0 bridgehead atoms. The molecule has 1 aliphatic heterocycles. The van der Waals surface area contributed by atoms with Gasteiger partial charge in [0.25, 0.3) is 0 Å². The number of hydrogen-bond donors (Lipinski definition) is 0. The highest BCUT2D eigenvalue weighted by Crippen LogP contribution is 2.28. The molecular formula is C12H14ClFO2. The smallest absolute Gasteiger partial charge is 0.170 e. The summed E-state index contributed by atoms with van der Waals surface area (Å²) in [4.78, 5) is 0.